The summed E-state index contributed by atoms with van der Waals surface area (Å²) in [5.41, 5.74) is 1.71. The van der Waals surface area contributed by atoms with Gasteiger partial charge in [-0.1, -0.05) is 66.7 Å². The number of ether oxygens (including phenoxy) is 12. The third-order valence-electron chi connectivity index (χ3n) is 16.5. The summed E-state index contributed by atoms with van der Waals surface area (Å²) < 4.78 is 67.0. The van der Waals surface area contributed by atoms with E-state index in [0.717, 1.165) is 15.4 Å². The molecule has 0 radical (unpaired) electrons. The van der Waals surface area contributed by atoms with Crippen LogP contribution in [-0.2, 0) is 99.3 Å². The van der Waals surface area contributed by atoms with Crippen molar-refractivity contribution in [3.8, 4) is 11.5 Å². The van der Waals surface area contributed by atoms with E-state index in [1.165, 1.54) is 50.2 Å². The van der Waals surface area contributed by atoms with Gasteiger partial charge in [-0.2, -0.15) is 9.98 Å². The van der Waals surface area contributed by atoms with Gasteiger partial charge in [0.1, 0.15) is 70.8 Å². The predicted molar refractivity (Wildman–Crippen MR) is 445 cm³/mol. The molecule has 0 heterocycles. The number of esters is 4. The number of Topliss-reactive ketones (excluding diaryl/α,β-unsaturated/α-hetero) is 3. The molecule has 0 saturated heterocycles. The second-order valence-electron chi connectivity index (χ2n) is 32.0. The topological polar surface area (TPSA) is 371 Å². The Hall–Kier alpha value is -11.9. The van der Waals surface area contributed by atoms with Crippen LogP contribution in [0.5, 0.6) is 11.5 Å². The SMILES string of the molecule is CC(=O)C[C@@H](C(=O)OC(C)(C)C)N(Cc1cccc(C(=O)NCCOCCOCCOCCOCCCC(=O)c2cccc(CN(C(=O)OCc3ccc(OC(=O)c4ccc(CC(C)=NC(=O)OC(C)(C)C)cc4)cc3)[C@@H](CC(=O)OC(C)(C)C)C(C)=O)c2)c1)C(=O)OCc1ccc(OC(=O)c2ccc(NC(C)=NC(=O)OC(C)(C)C)cc2)cc1. The number of hydrogen-bond acceptors (Lipinski definition) is 24. The van der Waals surface area contributed by atoms with Gasteiger partial charge in [0.25, 0.3) is 5.91 Å². The maximum absolute atomic E-state index is 14.1. The van der Waals surface area contributed by atoms with Gasteiger partial charge >= 0.3 is 48.3 Å². The third-order valence-corrected chi connectivity index (χ3v) is 16.5. The Bertz CT molecular complexity index is 4530. The second kappa shape index (κ2) is 47.1. The molecule has 120 heavy (non-hydrogen) atoms. The second-order valence-corrected chi connectivity index (χ2v) is 32.0. The zero-order valence-corrected chi connectivity index (χ0v) is 71.3. The predicted octanol–water partition coefficient (Wildman–Crippen LogP) is 14.9. The Morgan fingerprint density at radius 1 is 0.425 bits per heavy atom. The van der Waals surface area contributed by atoms with Gasteiger partial charge in [-0.3, -0.25) is 33.8 Å². The number of benzene rings is 6. The van der Waals surface area contributed by atoms with Crippen LogP contribution in [0.2, 0.25) is 0 Å². The van der Waals surface area contributed by atoms with E-state index in [4.69, 9.17) is 56.8 Å². The third kappa shape index (κ3) is 37.4. The number of nitrogens with zero attached hydrogens (tertiary/aromatic N) is 4. The van der Waals surface area contributed by atoms with Crippen LogP contribution in [0.4, 0.5) is 24.9 Å². The van der Waals surface area contributed by atoms with Crippen molar-refractivity contribution in [3.63, 3.8) is 0 Å². The van der Waals surface area contributed by atoms with Crippen molar-refractivity contribution in [3.05, 3.63) is 196 Å². The minimum absolute atomic E-state index is 0.138. The number of aliphatic imine (C=N–C) groups is 2. The molecule has 5 amide bonds. The van der Waals surface area contributed by atoms with Gasteiger partial charge in [0.2, 0.25) is 0 Å². The van der Waals surface area contributed by atoms with Crippen LogP contribution in [0.25, 0.3) is 0 Å². The quantitative estimate of drug-likeness (QED) is 0.00684. The number of amides is 5. The van der Waals surface area contributed by atoms with E-state index in [1.807, 2.05) is 0 Å². The molecule has 30 heteroatoms. The first kappa shape index (κ1) is 97.0. The molecule has 0 bridgehead atoms. The fourth-order valence-electron chi connectivity index (χ4n) is 11.2. The number of amidine groups is 1. The maximum atomic E-state index is 14.1. The highest BCUT2D eigenvalue weighted by atomic mass is 16.6. The van der Waals surface area contributed by atoms with Crippen molar-refractivity contribution in [1.82, 2.24) is 15.1 Å². The largest absolute Gasteiger partial charge is 0.460 e. The lowest BCUT2D eigenvalue weighted by atomic mass is 10.0. The van der Waals surface area contributed by atoms with E-state index >= 15 is 0 Å². The van der Waals surface area contributed by atoms with Crippen molar-refractivity contribution in [2.45, 2.75) is 204 Å². The average molecular weight is 1660 g/mol. The van der Waals surface area contributed by atoms with E-state index in [1.54, 1.807) is 206 Å². The number of carbonyl (C=O) groups excluding carboxylic acids is 12. The molecule has 0 aromatic heterocycles. The number of hydrogen-bond donors (Lipinski definition) is 2. The number of nitrogens with one attached hydrogen (secondary N) is 2. The number of anilines is 1. The lowest BCUT2D eigenvalue weighted by molar-refractivity contribution is -0.162. The Morgan fingerprint density at radius 3 is 1.33 bits per heavy atom. The minimum atomic E-state index is -1.41. The highest BCUT2D eigenvalue weighted by Gasteiger charge is 2.37. The van der Waals surface area contributed by atoms with Crippen LogP contribution in [0.15, 0.2) is 156 Å². The fraction of sp³-hybridized carbons (Fsp3) is 0.444. The molecule has 0 saturated carbocycles. The summed E-state index contributed by atoms with van der Waals surface area (Å²) in [6, 6.07) is 35.7. The zero-order chi connectivity index (χ0) is 88.3. The Balaban J connectivity index is 0.887. The van der Waals surface area contributed by atoms with Crippen LogP contribution in [0.3, 0.4) is 0 Å². The first-order chi connectivity index (χ1) is 56.5. The van der Waals surface area contributed by atoms with E-state index < -0.39 is 113 Å². The van der Waals surface area contributed by atoms with Crippen molar-refractivity contribution in [2.24, 2.45) is 9.98 Å². The molecule has 6 aromatic rings. The molecule has 2 atom stereocenters. The lowest BCUT2D eigenvalue weighted by Crippen LogP contribution is -2.48. The van der Waals surface area contributed by atoms with Gasteiger partial charge in [0, 0.05) is 68.0 Å². The lowest BCUT2D eigenvalue weighted by Gasteiger charge is -2.31. The summed E-state index contributed by atoms with van der Waals surface area (Å²) in [5.74, 6) is -3.66. The monoisotopic (exact) mass is 1660 g/mol. The van der Waals surface area contributed by atoms with Crippen LogP contribution >= 0.6 is 0 Å². The molecular formula is C90H112N6O24. The maximum Gasteiger partial charge on any atom is 0.435 e. The molecule has 0 unspecified atom stereocenters. The summed E-state index contributed by atoms with van der Waals surface area (Å²) >= 11 is 0. The number of carbonyl (C=O) groups is 12. The van der Waals surface area contributed by atoms with E-state index in [-0.39, 0.29) is 132 Å². The first-order valence-corrected chi connectivity index (χ1v) is 39.3. The number of ketones is 3. The summed E-state index contributed by atoms with van der Waals surface area (Å²) in [7, 11) is 0. The van der Waals surface area contributed by atoms with Crippen LogP contribution < -0.4 is 20.1 Å². The molecule has 6 rings (SSSR count). The van der Waals surface area contributed by atoms with Crippen molar-refractivity contribution < 1.29 is 114 Å². The van der Waals surface area contributed by atoms with Gasteiger partial charge in [0.05, 0.1) is 63.8 Å². The molecule has 2 N–H and O–H groups in total. The molecule has 0 aliphatic carbocycles. The standard InChI is InChI=1S/C90H112N6O24/c1-59(92-83(105)119-89(11,12)13)50-63-25-31-68(32-26-63)80(102)115-73-37-27-64(28-38-73)57-113-85(107)95(75(61(3)98)54-78(100)117-87(5,6)7)55-66-20-17-22-70(52-66)77(99)24-19-42-109-44-46-111-48-49-112-47-45-110-43-41-91-79(101)71-23-18-21-67(53-71)56-96(76(51-60(2)97)82(104)118-88(8,9)10)86(108)114-58-65-29-39-74(40-30-65)116-81(103)69-33-35-72(36-34-69)93-62(4)94-84(106)120-90(14,15)16/h17-18,20-23,25-40,52-53,75-76H,19,24,41-51,54-58H2,1-16H3,(H,91,101)(H,93,94,106)/t75-,76-/m0/s1. The molecule has 646 valence electrons. The summed E-state index contributed by atoms with van der Waals surface area (Å²) in [6.07, 6.45) is -3.27. The van der Waals surface area contributed by atoms with E-state index in [0.29, 0.717) is 52.1 Å². The van der Waals surface area contributed by atoms with Gasteiger partial charge < -0.3 is 67.5 Å². The summed E-state index contributed by atoms with van der Waals surface area (Å²) in [6.45, 7) is 27.4. The Morgan fingerprint density at radius 2 is 0.858 bits per heavy atom. The molecule has 30 nitrogen and oxygen atoms in total. The van der Waals surface area contributed by atoms with Crippen molar-refractivity contribution in [1.29, 1.82) is 0 Å². The van der Waals surface area contributed by atoms with Crippen molar-refractivity contribution in [2.75, 3.05) is 64.7 Å². The molecule has 0 aliphatic heterocycles. The Kier molecular flexibility index (Phi) is 38.0. The zero-order valence-electron chi connectivity index (χ0n) is 71.3. The fourth-order valence-corrected chi connectivity index (χ4v) is 11.2. The van der Waals surface area contributed by atoms with E-state index in [2.05, 4.69) is 20.6 Å². The molecule has 0 aliphatic rings. The van der Waals surface area contributed by atoms with E-state index in [9.17, 15) is 57.5 Å². The van der Waals surface area contributed by atoms with Gasteiger partial charge in [-0.25, -0.2) is 33.6 Å². The highest BCUT2D eigenvalue weighted by Crippen LogP contribution is 2.26. The average Bonchev–Trinajstić information content (AvgIpc) is 0.824. The van der Waals surface area contributed by atoms with Crippen LogP contribution in [0.1, 0.15) is 206 Å². The van der Waals surface area contributed by atoms with Crippen LogP contribution in [0, 0.1) is 0 Å². The smallest absolute Gasteiger partial charge is 0.435 e. The first-order valence-electron chi connectivity index (χ1n) is 39.3. The highest BCUT2D eigenvalue weighted by molar-refractivity contribution is 6.01. The normalized spacial score (nSPS) is 12.3. The number of rotatable bonds is 41. The van der Waals surface area contributed by atoms with Crippen LogP contribution in [-0.4, -0.2) is 187 Å². The molecule has 6 aromatic carbocycles. The molecule has 0 fully saturated rings. The molecular weight excluding hydrogens is 1550 g/mol. The van der Waals surface area contributed by atoms with Gasteiger partial charge in [-0.15, -0.1) is 0 Å². The van der Waals surface area contributed by atoms with Gasteiger partial charge in [-0.05, 0) is 224 Å². The summed E-state index contributed by atoms with van der Waals surface area (Å²) in [5, 5.41) is 5.77. The summed E-state index contributed by atoms with van der Waals surface area (Å²) in [4.78, 5) is 168. The molecule has 0 spiro atoms. The van der Waals surface area contributed by atoms with Gasteiger partial charge in [0.15, 0.2) is 11.6 Å². The van der Waals surface area contributed by atoms with Crippen molar-refractivity contribution >= 4 is 88.7 Å². The minimum Gasteiger partial charge on any atom is -0.460 e. The Labute approximate surface area is 700 Å².